The first-order chi connectivity index (χ1) is 17.4. The summed E-state index contributed by atoms with van der Waals surface area (Å²) in [4.78, 5) is 40.3. The van der Waals surface area contributed by atoms with Gasteiger partial charge in [0, 0.05) is 22.8 Å². The Morgan fingerprint density at radius 1 is 1.03 bits per heavy atom. The molecule has 3 aromatic rings. The van der Waals surface area contributed by atoms with Gasteiger partial charge in [-0.3, -0.25) is 14.5 Å². The molecule has 3 aromatic carbocycles. The predicted molar refractivity (Wildman–Crippen MR) is 139 cm³/mol. The maximum Gasteiger partial charge on any atom is 0.411 e. The number of amides is 3. The van der Waals surface area contributed by atoms with Crippen LogP contribution in [0.1, 0.15) is 46.5 Å². The van der Waals surface area contributed by atoms with E-state index < -0.39 is 18.2 Å². The first-order valence-corrected chi connectivity index (χ1v) is 12.2. The molecule has 4 rings (SSSR count). The molecule has 1 heterocycles. The molecule has 0 radical (unpaired) electrons. The van der Waals surface area contributed by atoms with E-state index in [2.05, 4.69) is 10.6 Å². The van der Waals surface area contributed by atoms with Gasteiger partial charge in [-0.15, -0.1) is 0 Å². The monoisotopic (exact) mass is 505 g/mol. The zero-order chi connectivity index (χ0) is 25.7. The third-order valence-electron chi connectivity index (χ3n) is 5.94. The third kappa shape index (κ3) is 5.86. The second-order valence-electron chi connectivity index (χ2n) is 8.74. The van der Waals surface area contributed by atoms with Crippen molar-refractivity contribution in [3.05, 3.63) is 100 Å². The number of nitrogens with zero attached hydrogens (tertiary/aromatic N) is 1. The molecule has 2 atom stereocenters. The number of benzene rings is 3. The van der Waals surface area contributed by atoms with Crippen LogP contribution >= 0.6 is 11.6 Å². The number of nitrogens with one attached hydrogen (secondary N) is 2. The number of ether oxygens (including phenoxy) is 1. The standard InChI is InChI=1S/C28H28ClN3O4/c1-3-14-30-27(34)24-25(36-28(35)32(24)17-19-12-10-18(2)11-13-19)20-6-5-9-23(16-20)31-26(33)21-7-4-8-22(29)15-21/h4-13,15-16,24-25H,3,14,17H2,1-2H3,(H,30,34)(H,31,33). The average Bonchev–Trinajstić information content (AvgIpc) is 3.20. The van der Waals surface area contributed by atoms with Crippen LogP contribution in [0.5, 0.6) is 0 Å². The Morgan fingerprint density at radius 3 is 2.50 bits per heavy atom. The van der Waals surface area contributed by atoms with Gasteiger partial charge in [0.1, 0.15) is 0 Å². The Balaban J connectivity index is 1.59. The number of anilines is 1. The van der Waals surface area contributed by atoms with E-state index in [0.29, 0.717) is 28.4 Å². The Hall–Kier alpha value is -3.84. The van der Waals surface area contributed by atoms with Crippen LogP contribution in [0.3, 0.4) is 0 Å². The van der Waals surface area contributed by atoms with E-state index in [1.165, 1.54) is 4.90 Å². The second-order valence-corrected chi connectivity index (χ2v) is 9.18. The lowest BCUT2D eigenvalue weighted by Crippen LogP contribution is -2.46. The van der Waals surface area contributed by atoms with E-state index in [1.807, 2.05) is 38.1 Å². The summed E-state index contributed by atoms with van der Waals surface area (Å²) >= 11 is 6.01. The topological polar surface area (TPSA) is 87.7 Å². The summed E-state index contributed by atoms with van der Waals surface area (Å²) in [5.74, 6) is -0.607. The molecule has 2 N–H and O–H groups in total. The van der Waals surface area contributed by atoms with E-state index in [4.69, 9.17) is 16.3 Å². The number of rotatable bonds is 8. The second kappa shape index (κ2) is 11.3. The lowest BCUT2D eigenvalue weighted by atomic mass is 10.00. The van der Waals surface area contributed by atoms with Crippen LogP contribution in [0.15, 0.2) is 72.8 Å². The number of carbonyl (C=O) groups excluding carboxylic acids is 3. The largest absolute Gasteiger partial charge is 0.438 e. The van der Waals surface area contributed by atoms with Crippen molar-refractivity contribution in [2.24, 2.45) is 0 Å². The van der Waals surface area contributed by atoms with Crippen molar-refractivity contribution in [3.8, 4) is 0 Å². The molecule has 0 aromatic heterocycles. The van der Waals surface area contributed by atoms with E-state index in [0.717, 1.165) is 17.5 Å². The van der Waals surface area contributed by atoms with Crippen LogP contribution in [0.25, 0.3) is 0 Å². The molecular weight excluding hydrogens is 478 g/mol. The number of halogens is 1. The van der Waals surface area contributed by atoms with Gasteiger partial charge in [-0.05, 0) is 54.8 Å². The molecule has 1 fully saturated rings. The summed E-state index contributed by atoms with van der Waals surface area (Å²) in [7, 11) is 0. The van der Waals surface area contributed by atoms with Crippen molar-refractivity contribution in [2.75, 3.05) is 11.9 Å². The molecule has 36 heavy (non-hydrogen) atoms. The lowest BCUT2D eigenvalue weighted by molar-refractivity contribution is -0.126. The van der Waals surface area contributed by atoms with Crippen molar-refractivity contribution in [1.29, 1.82) is 0 Å². The van der Waals surface area contributed by atoms with Crippen molar-refractivity contribution in [3.63, 3.8) is 0 Å². The van der Waals surface area contributed by atoms with Gasteiger partial charge in [0.15, 0.2) is 12.1 Å². The van der Waals surface area contributed by atoms with Crippen molar-refractivity contribution in [1.82, 2.24) is 10.2 Å². The molecule has 0 spiro atoms. The van der Waals surface area contributed by atoms with E-state index >= 15 is 0 Å². The number of hydrogen-bond acceptors (Lipinski definition) is 4. The minimum Gasteiger partial charge on any atom is -0.438 e. The zero-order valence-corrected chi connectivity index (χ0v) is 20.9. The van der Waals surface area contributed by atoms with Crippen molar-refractivity contribution >= 4 is 35.2 Å². The molecule has 1 saturated heterocycles. The van der Waals surface area contributed by atoms with Gasteiger partial charge in [-0.1, -0.05) is 66.6 Å². The number of carbonyl (C=O) groups is 3. The highest BCUT2D eigenvalue weighted by Gasteiger charge is 2.46. The fourth-order valence-corrected chi connectivity index (χ4v) is 4.27. The molecule has 0 aliphatic carbocycles. The smallest absolute Gasteiger partial charge is 0.411 e. The Bertz CT molecular complexity index is 1260. The van der Waals surface area contributed by atoms with Gasteiger partial charge in [-0.25, -0.2) is 4.79 Å². The first kappa shape index (κ1) is 25.3. The maximum atomic E-state index is 13.2. The van der Waals surface area contributed by atoms with E-state index in [1.54, 1.807) is 48.5 Å². The fourth-order valence-electron chi connectivity index (χ4n) is 4.08. The summed E-state index contributed by atoms with van der Waals surface area (Å²) < 4.78 is 5.73. The fraction of sp³-hybridized carbons (Fsp3) is 0.250. The molecule has 7 nitrogen and oxygen atoms in total. The number of aryl methyl sites for hydroxylation is 1. The van der Waals surface area contributed by atoms with Crippen LogP contribution in [0.2, 0.25) is 5.02 Å². The van der Waals surface area contributed by atoms with E-state index in [9.17, 15) is 14.4 Å². The summed E-state index contributed by atoms with van der Waals surface area (Å²) in [6.07, 6.45) is -0.630. The lowest BCUT2D eigenvalue weighted by Gasteiger charge is -2.24. The average molecular weight is 506 g/mol. The van der Waals surface area contributed by atoms with Gasteiger partial charge >= 0.3 is 6.09 Å². The SMILES string of the molecule is CCCNC(=O)C1C(c2cccc(NC(=O)c3cccc(Cl)c3)c2)OC(=O)N1Cc1ccc(C)cc1. The van der Waals surface area contributed by atoms with Gasteiger partial charge in [0.25, 0.3) is 5.91 Å². The number of cyclic esters (lactones) is 1. The minimum atomic E-state index is -0.857. The summed E-state index contributed by atoms with van der Waals surface area (Å²) in [5.41, 5.74) is 3.54. The van der Waals surface area contributed by atoms with Crippen LogP contribution in [-0.2, 0) is 16.1 Å². The third-order valence-corrected chi connectivity index (χ3v) is 6.17. The van der Waals surface area contributed by atoms with Gasteiger partial charge < -0.3 is 15.4 Å². The summed E-state index contributed by atoms with van der Waals surface area (Å²) in [5, 5.41) is 6.20. The molecule has 186 valence electrons. The van der Waals surface area contributed by atoms with Crippen LogP contribution in [0, 0.1) is 6.92 Å². The molecule has 2 unspecified atom stereocenters. The van der Waals surface area contributed by atoms with Gasteiger partial charge in [0.05, 0.1) is 6.54 Å². The Kier molecular flexibility index (Phi) is 7.90. The van der Waals surface area contributed by atoms with Crippen LogP contribution in [-0.4, -0.2) is 35.4 Å². The van der Waals surface area contributed by atoms with Crippen molar-refractivity contribution < 1.29 is 19.1 Å². The predicted octanol–water partition coefficient (Wildman–Crippen LogP) is 5.49. The molecule has 0 saturated carbocycles. The highest BCUT2D eigenvalue weighted by molar-refractivity contribution is 6.31. The van der Waals surface area contributed by atoms with Gasteiger partial charge in [-0.2, -0.15) is 0 Å². The van der Waals surface area contributed by atoms with Crippen LogP contribution in [0.4, 0.5) is 10.5 Å². The first-order valence-electron chi connectivity index (χ1n) is 11.8. The molecule has 3 amide bonds. The highest BCUT2D eigenvalue weighted by Crippen LogP contribution is 2.35. The van der Waals surface area contributed by atoms with Crippen molar-refractivity contribution in [2.45, 2.75) is 39.0 Å². The van der Waals surface area contributed by atoms with Crippen LogP contribution < -0.4 is 10.6 Å². The Morgan fingerprint density at radius 2 is 1.78 bits per heavy atom. The quantitative estimate of drug-likeness (QED) is 0.424. The normalized spacial score (nSPS) is 17.0. The van der Waals surface area contributed by atoms with E-state index in [-0.39, 0.29) is 18.4 Å². The summed E-state index contributed by atoms with van der Waals surface area (Å²) in [6, 6.07) is 20.6. The highest BCUT2D eigenvalue weighted by atomic mass is 35.5. The molecule has 1 aliphatic heterocycles. The molecule has 0 bridgehead atoms. The maximum absolute atomic E-state index is 13.2. The Labute approximate surface area is 215 Å². The molecule has 1 aliphatic rings. The minimum absolute atomic E-state index is 0.241. The molecule has 8 heteroatoms. The van der Waals surface area contributed by atoms with Gasteiger partial charge in [0.2, 0.25) is 5.91 Å². The molecular formula is C28H28ClN3O4. The number of hydrogen-bond donors (Lipinski definition) is 2. The zero-order valence-electron chi connectivity index (χ0n) is 20.2. The summed E-state index contributed by atoms with van der Waals surface area (Å²) in [6.45, 7) is 4.68.